The van der Waals surface area contributed by atoms with Crippen LogP contribution in [0.2, 0.25) is 5.15 Å². The Hall–Kier alpha value is -1.53. The van der Waals surface area contributed by atoms with Gasteiger partial charge in [-0.2, -0.15) is 0 Å². The van der Waals surface area contributed by atoms with Gasteiger partial charge in [0.2, 0.25) is 0 Å². The third kappa shape index (κ3) is 2.98. The number of pyridine rings is 1. The lowest BCUT2D eigenvalue weighted by Gasteiger charge is -2.04. The molecule has 7 heteroatoms. The maximum absolute atomic E-state index is 11.8. The van der Waals surface area contributed by atoms with Gasteiger partial charge in [0.15, 0.2) is 0 Å². The van der Waals surface area contributed by atoms with Crippen LogP contribution in [0.4, 0.5) is 5.82 Å². The number of nitrogens with zero attached hydrogens (tertiary/aromatic N) is 3. The number of amides is 1. The first-order valence-electron chi connectivity index (χ1n) is 4.56. The normalized spacial score (nSPS) is 10.0. The number of aromatic nitrogens is 3. The first kappa shape index (κ1) is 11.9. The Labute approximate surface area is 110 Å². The second-order valence-corrected chi connectivity index (χ2v) is 4.26. The van der Waals surface area contributed by atoms with Crippen LogP contribution < -0.4 is 5.32 Å². The van der Waals surface area contributed by atoms with E-state index >= 15 is 0 Å². The molecule has 0 radical (unpaired) electrons. The van der Waals surface area contributed by atoms with Gasteiger partial charge in [0.1, 0.15) is 16.7 Å². The second-order valence-electron chi connectivity index (χ2n) is 3.01. The molecule has 0 bridgehead atoms. The minimum atomic E-state index is -0.417. The van der Waals surface area contributed by atoms with Crippen molar-refractivity contribution in [1.82, 2.24) is 15.0 Å². The fraction of sp³-hybridized carbons (Fsp3) is 0. The summed E-state index contributed by atoms with van der Waals surface area (Å²) in [5.74, 6) is -0.00123. The van der Waals surface area contributed by atoms with Gasteiger partial charge < -0.3 is 5.32 Å². The average molecular weight is 314 g/mol. The summed E-state index contributed by atoms with van der Waals surface area (Å²) in [7, 11) is 0. The molecule has 86 valence electrons. The molecule has 2 rings (SSSR count). The van der Waals surface area contributed by atoms with Gasteiger partial charge in [-0.3, -0.25) is 9.78 Å². The van der Waals surface area contributed by atoms with Crippen LogP contribution in [0, 0.1) is 0 Å². The van der Waals surface area contributed by atoms with Gasteiger partial charge in [0.25, 0.3) is 5.91 Å². The summed E-state index contributed by atoms with van der Waals surface area (Å²) in [5.41, 5.74) is 0.134. The van der Waals surface area contributed by atoms with E-state index in [1.807, 2.05) is 0 Å². The van der Waals surface area contributed by atoms with E-state index in [0.29, 0.717) is 10.3 Å². The van der Waals surface area contributed by atoms with Crippen LogP contribution in [0.25, 0.3) is 0 Å². The Morgan fingerprint density at radius 2 is 2.24 bits per heavy atom. The standard InChI is InChI=1S/C10H6BrClN4O/c11-6-2-1-3-14-9(6)16-10(17)7-4-13-5-8(12)15-7/h1-5H,(H,14,16,17). The van der Waals surface area contributed by atoms with Crippen molar-refractivity contribution >= 4 is 39.3 Å². The maximum atomic E-state index is 11.8. The Bertz CT molecular complexity index is 564. The largest absolute Gasteiger partial charge is 0.304 e. The van der Waals surface area contributed by atoms with Crippen molar-refractivity contribution in [2.45, 2.75) is 0 Å². The smallest absolute Gasteiger partial charge is 0.277 e. The van der Waals surface area contributed by atoms with E-state index in [2.05, 4.69) is 36.2 Å². The minimum Gasteiger partial charge on any atom is -0.304 e. The fourth-order valence-corrected chi connectivity index (χ4v) is 1.60. The van der Waals surface area contributed by atoms with Crippen molar-refractivity contribution in [3.05, 3.63) is 46.0 Å². The van der Waals surface area contributed by atoms with Crippen LogP contribution in [0.1, 0.15) is 10.5 Å². The summed E-state index contributed by atoms with van der Waals surface area (Å²) in [6.45, 7) is 0. The lowest BCUT2D eigenvalue weighted by Crippen LogP contribution is -2.15. The van der Waals surface area contributed by atoms with Crippen LogP contribution in [0.15, 0.2) is 35.2 Å². The first-order valence-corrected chi connectivity index (χ1v) is 5.73. The highest BCUT2D eigenvalue weighted by molar-refractivity contribution is 9.10. The molecule has 0 aliphatic heterocycles. The van der Waals surface area contributed by atoms with Crippen molar-refractivity contribution in [2.75, 3.05) is 5.32 Å². The summed E-state index contributed by atoms with van der Waals surface area (Å²) in [5, 5.41) is 2.76. The van der Waals surface area contributed by atoms with E-state index in [1.165, 1.54) is 12.4 Å². The molecule has 0 spiro atoms. The number of halogens is 2. The van der Waals surface area contributed by atoms with Gasteiger partial charge in [0.05, 0.1) is 16.9 Å². The lowest BCUT2D eigenvalue weighted by molar-refractivity contribution is 0.102. The van der Waals surface area contributed by atoms with Gasteiger partial charge in [-0.1, -0.05) is 11.6 Å². The van der Waals surface area contributed by atoms with Crippen molar-refractivity contribution in [3.63, 3.8) is 0 Å². The number of hydrogen-bond donors (Lipinski definition) is 1. The molecule has 0 saturated heterocycles. The molecule has 1 N–H and O–H groups in total. The Morgan fingerprint density at radius 1 is 1.41 bits per heavy atom. The zero-order chi connectivity index (χ0) is 12.3. The van der Waals surface area contributed by atoms with Crippen molar-refractivity contribution in [3.8, 4) is 0 Å². The predicted octanol–water partition coefficient (Wildman–Crippen LogP) is 2.54. The molecule has 17 heavy (non-hydrogen) atoms. The van der Waals surface area contributed by atoms with Crippen molar-refractivity contribution in [1.29, 1.82) is 0 Å². The average Bonchev–Trinajstić information content (AvgIpc) is 2.32. The van der Waals surface area contributed by atoms with Gasteiger partial charge in [0, 0.05) is 6.20 Å². The summed E-state index contributed by atoms with van der Waals surface area (Å²) < 4.78 is 0.684. The van der Waals surface area contributed by atoms with Crippen LogP contribution >= 0.6 is 27.5 Å². The highest BCUT2D eigenvalue weighted by atomic mass is 79.9. The third-order valence-electron chi connectivity index (χ3n) is 1.83. The Balaban J connectivity index is 2.20. The van der Waals surface area contributed by atoms with E-state index in [1.54, 1.807) is 18.3 Å². The second kappa shape index (κ2) is 5.20. The molecular weight excluding hydrogens is 307 g/mol. The van der Waals surface area contributed by atoms with Crippen molar-refractivity contribution < 1.29 is 4.79 Å². The number of carbonyl (C=O) groups excluding carboxylic acids is 1. The molecule has 2 aromatic rings. The number of carbonyl (C=O) groups is 1. The van der Waals surface area contributed by atoms with Crippen LogP contribution in [-0.4, -0.2) is 20.9 Å². The lowest BCUT2D eigenvalue weighted by atomic mass is 10.4. The molecule has 0 aliphatic carbocycles. The monoisotopic (exact) mass is 312 g/mol. The van der Waals surface area contributed by atoms with Gasteiger partial charge in [-0.05, 0) is 28.1 Å². The highest BCUT2D eigenvalue weighted by Crippen LogP contribution is 2.18. The zero-order valence-corrected chi connectivity index (χ0v) is 10.7. The molecule has 0 aliphatic rings. The minimum absolute atomic E-state index is 0.134. The Kier molecular flexibility index (Phi) is 3.65. The number of rotatable bonds is 2. The SMILES string of the molecule is O=C(Nc1ncccc1Br)c1cncc(Cl)n1. The number of nitrogens with one attached hydrogen (secondary N) is 1. The predicted molar refractivity (Wildman–Crippen MR) is 66.9 cm³/mol. The first-order chi connectivity index (χ1) is 8.16. The van der Waals surface area contributed by atoms with E-state index in [-0.39, 0.29) is 10.8 Å². The quantitative estimate of drug-likeness (QED) is 0.925. The molecule has 1 amide bonds. The molecule has 2 heterocycles. The van der Waals surface area contributed by atoms with E-state index < -0.39 is 5.91 Å². The molecule has 0 fully saturated rings. The van der Waals surface area contributed by atoms with E-state index in [4.69, 9.17) is 11.6 Å². The van der Waals surface area contributed by atoms with Crippen LogP contribution in [0.3, 0.4) is 0 Å². The Morgan fingerprint density at radius 3 is 2.94 bits per heavy atom. The molecule has 2 aromatic heterocycles. The van der Waals surface area contributed by atoms with Gasteiger partial charge >= 0.3 is 0 Å². The maximum Gasteiger partial charge on any atom is 0.277 e. The summed E-state index contributed by atoms with van der Waals surface area (Å²) >= 11 is 8.92. The summed E-state index contributed by atoms with van der Waals surface area (Å²) in [6.07, 6.45) is 4.26. The van der Waals surface area contributed by atoms with Gasteiger partial charge in [-0.25, -0.2) is 9.97 Å². The van der Waals surface area contributed by atoms with Crippen LogP contribution in [0.5, 0.6) is 0 Å². The topological polar surface area (TPSA) is 67.8 Å². The van der Waals surface area contributed by atoms with Crippen molar-refractivity contribution in [2.24, 2.45) is 0 Å². The van der Waals surface area contributed by atoms with Gasteiger partial charge in [-0.15, -0.1) is 0 Å². The molecular formula is C10H6BrClN4O. The molecule has 5 nitrogen and oxygen atoms in total. The molecule has 0 unspecified atom stereocenters. The zero-order valence-electron chi connectivity index (χ0n) is 8.39. The summed E-state index contributed by atoms with van der Waals surface area (Å²) in [6, 6.07) is 3.52. The molecule has 0 aromatic carbocycles. The van der Waals surface area contributed by atoms with Crippen LogP contribution in [-0.2, 0) is 0 Å². The van der Waals surface area contributed by atoms with E-state index in [0.717, 1.165) is 0 Å². The number of anilines is 1. The highest BCUT2D eigenvalue weighted by Gasteiger charge is 2.10. The third-order valence-corrected chi connectivity index (χ3v) is 2.65. The number of hydrogen-bond acceptors (Lipinski definition) is 4. The molecule has 0 saturated carbocycles. The summed E-state index contributed by atoms with van der Waals surface area (Å²) in [4.78, 5) is 23.4. The molecule has 0 atom stereocenters. The van der Waals surface area contributed by atoms with E-state index in [9.17, 15) is 4.79 Å². The fourth-order valence-electron chi connectivity index (χ4n) is 1.10.